The minimum Gasteiger partial charge on any atom is -0.446 e. The van der Waals surface area contributed by atoms with Crippen LogP contribution in [0.3, 0.4) is 0 Å². The number of carbonyl (C=O) groups excluding carboxylic acids is 3. The average molecular weight is 502 g/mol. The fraction of sp³-hybridized carbons (Fsp3) is 0.154. The molecule has 11 heteroatoms. The first-order chi connectivity index (χ1) is 17.6. The first-order valence-corrected chi connectivity index (χ1v) is 11.1. The number of anilines is 1. The predicted octanol–water partition coefficient (Wildman–Crippen LogP) is 4.32. The van der Waals surface area contributed by atoms with Crippen LogP contribution in [0, 0.1) is 17.0 Å². The standard InChI is InChI=1S/C26H22N4O7/c1-15-6-4-5-7-21(15)24(33)27-19-10-8-18(9-11-19)25-28-29(16(2)31)26(37-25)22-14-20(30(34)35)12-13-23(22)36-17(3)32/h4-14,26H,1-3H3,(H,27,33)/t26-/m1/s1. The number of ether oxygens (including phenoxy) is 2. The summed E-state index contributed by atoms with van der Waals surface area (Å²) in [6.07, 6.45) is -1.21. The lowest BCUT2D eigenvalue weighted by molar-refractivity contribution is -0.385. The van der Waals surface area contributed by atoms with Gasteiger partial charge in [-0.05, 0) is 48.9 Å². The molecule has 0 aromatic heterocycles. The van der Waals surface area contributed by atoms with Gasteiger partial charge < -0.3 is 14.8 Å². The highest BCUT2D eigenvalue weighted by molar-refractivity contribution is 6.05. The van der Waals surface area contributed by atoms with E-state index < -0.39 is 23.0 Å². The van der Waals surface area contributed by atoms with E-state index in [4.69, 9.17) is 9.47 Å². The highest BCUT2D eigenvalue weighted by Crippen LogP contribution is 2.37. The fourth-order valence-corrected chi connectivity index (χ4v) is 3.70. The number of carbonyl (C=O) groups is 3. The van der Waals surface area contributed by atoms with Gasteiger partial charge in [0.1, 0.15) is 5.75 Å². The quantitative estimate of drug-likeness (QED) is 0.229. The number of aryl methyl sites for hydroxylation is 1. The van der Waals surface area contributed by atoms with Crippen molar-refractivity contribution in [2.24, 2.45) is 5.10 Å². The molecule has 0 spiro atoms. The van der Waals surface area contributed by atoms with Crippen LogP contribution in [-0.4, -0.2) is 33.6 Å². The molecule has 37 heavy (non-hydrogen) atoms. The summed E-state index contributed by atoms with van der Waals surface area (Å²) in [6.45, 7) is 4.29. The molecule has 0 radical (unpaired) electrons. The van der Waals surface area contributed by atoms with Crippen molar-refractivity contribution in [3.8, 4) is 5.75 Å². The van der Waals surface area contributed by atoms with Gasteiger partial charge >= 0.3 is 5.97 Å². The van der Waals surface area contributed by atoms with E-state index in [-0.39, 0.29) is 28.8 Å². The molecule has 0 aliphatic carbocycles. The highest BCUT2D eigenvalue weighted by atomic mass is 16.6. The van der Waals surface area contributed by atoms with Crippen molar-refractivity contribution in [1.82, 2.24) is 5.01 Å². The minimum atomic E-state index is -1.21. The van der Waals surface area contributed by atoms with E-state index in [0.29, 0.717) is 16.8 Å². The molecule has 1 aliphatic rings. The Balaban J connectivity index is 1.60. The van der Waals surface area contributed by atoms with Crippen molar-refractivity contribution in [3.05, 3.63) is 99.1 Å². The van der Waals surface area contributed by atoms with Crippen LogP contribution in [0.25, 0.3) is 0 Å². The number of rotatable bonds is 6. The number of hydrogen-bond donors (Lipinski definition) is 1. The van der Waals surface area contributed by atoms with E-state index in [1.54, 1.807) is 36.4 Å². The lowest BCUT2D eigenvalue weighted by atomic mass is 10.1. The van der Waals surface area contributed by atoms with Gasteiger partial charge in [-0.3, -0.25) is 24.5 Å². The van der Waals surface area contributed by atoms with Crippen molar-refractivity contribution in [2.45, 2.75) is 27.0 Å². The third kappa shape index (κ3) is 5.45. The third-order valence-electron chi connectivity index (χ3n) is 5.47. The Bertz CT molecular complexity index is 1430. The number of hydrogen-bond acceptors (Lipinski definition) is 8. The largest absolute Gasteiger partial charge is 0.446 e. The molecule has 1 aliphatic heterocycles. The highest BCUT2D eigenvalue weighted by Gasteiger charge is 2.36. The van der Waals surface area contributed by atoms with Crippen molar-refractivity contribution in [1.29, 1.82) is 0 Å². The van der Waals surface area contributed by atoms with Crippen LogP contribution in [0.4, 0.5) is 11.4 Å². The van der Waals surface area contributed by atoms with Crippen LogP contribution in [0.2, 0.25) is 0 Å². The van der Waals surface area contributed by atoms with Crippen molar-refractivity contribution in [3.63, 3.8) is 0 Å². The molecule has 0 fully saturated rings. The smallest absolute Gasteiger partial charge is 0.308 e. The number of non-ortho nitro benzene ring substituents is 1. The number of nitrogens with one attached hydrogen (secondary N) is 1. The van der Waals surface area contributed by atoms with Gasteiger partial charge in [0, 0.05) is 42.8 Å². The van der Waals surface area contributed by atoms with Gasteiger partial charge in [-0.25, -0.2) is 0 Å². The molecule has 0 bridgehead atoms. The topological polar surface area (TPSA) is 140 Å². The SMILES string of the molecule is CC(=O)Oc1ccc([N+](=O)[O-])cc1[C@H]1OC(c2ccc(NC(=O)c3ccccc3C)cc2)=NN1C(C)=O. The monoisotopic (exact) mass is 502 g/mol. The lowest BCUT2D eigenvalue weighted by Crippen LogP contribution is -2.26. The van der Waals surface area contributed by atoms with Gasteiger partial charge in [-0.2, -0.15) is 5.01 Å². The second-order valence-corrected chi connectivity index (χ2v) is 8.16. The number of nitrogens with zero attached hydrogens (tertiary/aromatic N) is 3. The summed E-state index contributed by atoms with van der Waals surface area (Å²) in [5.74, 6) is -1.33. The lowest BCUT2D eigenvalue weighted by Gasteiger charge is -2.21. The Hall–Kier alpha value is -5.06. The molecule has 1 N–H and O–H groups in total. The van der Waals surface area contributed by atoms with E-state index in [2.05, 4.69) is 10.4 Å². The van der Waals surface area contributed by atoms with E-state index in [9.17, 15) is 24.5 Å². The average Bonchev–Trinajstić information content (AvgIpc) is 3.30. The van der Waals surface area contributed by atoms with Crippen molar-refractivity contribution >= 4 is 35.1 Å². The Morgan fingerprint density at radius 2 is 1.76 bits per heavy atom. The van der Waals surface area contributed by atoms with Gasteiger partial charge in [0.2, 0.25) is 18.0 Å². The number of amides is 2. The summed E-state index contributed by atoms with van der Waals surface area (Å²) < 4.78 is 11.1. The number of nitro groups is 1. The number of nitro benzene ring substituents is 1. The molecule has 1 atom stereocenters. The molecule has 4 rings (SSSR count). The Morgan fingerprint density at radius 3 is 2.38 bits per heavy atom. The van der Waals surface area contributed by atoms with E-state index >= 15 is 0 Å². The van der Waals surface area contributed by atoms with Crippen molar-refractivity contribution < 1.29 is 28.8 Å². The van der Waals surface area contributed by atoms with Crippen LogP contribution in [0.5, 0.6) is 5.75 Å². The van der Waals surface area contributed by atoms with Gasteiger partial charge in [-0.1, -0.05) is 18.2 Å². The molecule has 0 saturated carbocycles. The third-order valence-corrected chi connectivity index (χ3v) is 5.47. The molecule has 3 aromatic carbocycles. The second-order valence-electron chi connectivity index (χ2n) is 8.16. The number of esters is 1. The Labute approximate surface area is 211 Å². The fourth-order valence-electron chi connectivity index (χ4n) is 3.70. The molecule has 188 valence electrons. The molecule has 0 unspecified atom stereocenters. The zero-order valence-electron chi connectivity index (χ0n) is 20.1. The maximum absolute atomic E-state index is 12.6. The summed E-state index contributed by atoms with van der Waals surface area (Å²) in [7, 11) is 0. The van der Waals surface area contributed by atoms with E-state index in [1.165, 1.54) is 32.0 Å². The van der Waals surface area contributed by atoms with Crippen LogP contribution >= 0.6 is 0 Å². The van der Waals surface area contributed by atoms with Crippen LogP contribution in [0.15, 0.2) is 71.8 Å². The van der Waals surface area contributed by atoms with Gasteiger partial charge in [0.15, 0.2) is 0 Å². The van der Waals surface area contributed by atoms with E-state index in [1.807, 2.05) is 19.1 Å². The van der Waals surface area contributed by atoms with Gasteiger partial charge in [0.05, 0.1) is 10.5 Å². The molecular formula is C26H22N4O7. The molecule has 0 saturated heterocycles. The first kappa shape index (κ1) is 25.0. The predicted molar refractivity (Wildman–Crippen MR) is 133 cm³/mol. The maximum Gasteiger partial charge on any atom is 0.308 e. The van der Waals surface area contributed by atoms with Gasteiger partial charge in [-0.15, -0.1) is 5.10 Å². The van der Waals surface area contributed by atoms with Crippen LogP contribution < -0.4 is 10.1 Å². The number of benzene rings is 3. The summed E-state index contributed by atoms with van der Waals surface area (Å²) in [5.41, 5.74) is 2.22. The molecule has 2 amide bonds. The molecular weight excluding hydrogens is 480 g/mol. The molecule has 1 heterocycles. The van der Waals surface area contributed by atoms with E-state index in [0.717, 1.165) is 10.6 Å². The minimum absolute atomic E-state index is 0.0000609. The summed E-state index contributed by atoms with van der Waals surface area (Å²) >= 11 is 0. The second kappa shape index (κ2) is 10.3. The summed E-state index contributed by atoms with van der Waals surface area (Å²) in [4.78, 5) is 47.2. The summed E-state index contributed by atoms with van der Waals surface area (Å²) in [5, 5.41) is 19.4. The van der Waals surface area contributed by atoms with Crippen molar-refractivity contribution in [2.75, 3.05) is 5.32 Å². The maximum atomic E-state index is 12.6. The zero-order valence-corrected chi connectivity index (χ0v) is 20.1. The Morgan fingerprint density at radius 1 is 1.05 bits per heavy atom. The Kier molecular flexibility index (Phi) is 6.96. The van der Waals surface area contributed by atoms with Crippen LogP contribution in [-0.2, 0) is 14.3 Å². The van der Waals surface area contributed by atoms with Gasteiger partial charge in [0.25, 0.3) is 11.6 Å². The first-order valence-electron chi connectivity index (χ1n) is 11.1. The van der Waals surface area contributed by atoms with Crippen LogP contribution in [0.1, 0.15) is 47.1 Å². The zero-order chi connectivity index (χ0) is 26.7. The normalized spacial score (nSPS) is 14.4. The summed E-state index contributed by atoms with van der Waals surface area (Å²) in [6, 6.07) is 17.4. The molecule has 11 nitrogen and oxygen atoms in total. The number of hydrazone groups is 1. The molecule has 3 aromatic rings.